The Morgan fingerprint density at radius 1 is 1.45 bits per heavy atom. The molecule has 1 saturated carbocycles. The van der Waals surface area contributed by atoms with Crippen LogP contribution < -0.4 is 5.32 Å². The van der Waals surface area contributed by atoms with E-state index >= 15 is 0 Å². The van der Waals surface area contributed by atoms with Crippen molar-refractivity contribution in [2.45, 2.75) is 31.9 Å². The fourth-order valence-corrected chi connectivity index (χ4v) is 1.57. The number of hydrogen-bond acceptors (Lipinski definition) is 5. The number of nitro benzene ring substituents is 1. The minimum atomic E-state index is -0.928. The normalized spacial score (nSPS) is 15.2. The Hall–Kier alpha value is -2.44. The zero-order valence-corrected chi connectivity index (χ0v) is 10.9. The summed E-state index contributed by atoms with van der Waals surface area (Å²) in [5.41, 5.74) is -0.153. The van der Waals surface area contributed by atoms with Gasteiger partial charge in [-0.2, -0.15) is 0 Å². The second-order valence-electron chi connectivity index (χ2n) is 4.64. The number of nitrogens with one attached hydrogen (secondary N) is 1. The van der Waals surface area contributed by atoms with Crippen molar-refractivity contribution in [2.75, 3.05) is 0 Å². The van der Waals surface area contributed by atoms with Crippen molar-refractivity contribution in [3.63, 3.8) is 0 Å². The Kier molecular flexibility index (Phi) is 3.97. The maximum atomic E-state index is 11.8. The van der Waals surface area contributed by atoms with E-state index in [2.05, 4.69) is 5.32 Å². The zero-order chi connectivity index (χ0) is 14.7. The minimum Gasteiger partial charge on any atom is -0.449 e. The third-order valence-electron chi connectivity index (χ3n) is 2.87. The van der Waals surface area contributed by atoms with E-state index in [0.29, 0.717) is 0 Å². The highest BCUT2D eigenvalue weighted by atomic mass is 16.6. The lowest BCUT2D eigenvalue weighted by Gasteiger charge is -2.13. The zero-order valence-electron chi connectivity index (χ0n) is 10.9. The average Bonchev–Trinajstić information content (AvgIpc) is 3.22. The predicted octanol–water partition coefficient (Wildman–Crippen LogP) is 1.42. The summed E-state index contributed by atoms with van der Waals surface area (Å²) >= 11 is 0. The first-order valence-corrected chi connectivity index (χ1v) is 6.23. The Morgan fingerprint density at radius 3 is 2.75 bits per heavy atom. The third kappa shape index (κ3) is 3.53. The maximum Gasteiger partial charge on any atom is 0.339 e. The van der Waals surface area contributed by atoms with E-state index < -0.39 is 17.0 Å². The van der Waals surface area contributed by atoms with Crippen LogP contribution in [-0.2, 0) is 9.53 Å². The van der Waals surface area contributed by atoms with Gasteiger partial charge in [0.2, 0.25) is 0 Å². The summed E-state index contributed by atoms with van der Waals surface area (Å²) in [5, 5.41) is 13.3. The first-order valence-electron chi connectivity index (χ1n) is 6.23. The molecule has 1 aliphatic rings. The van der Waals surface area contributed by atoms with Crippen LogP contribution >= 0.6 is 0 Å². The molecule has 1 aromatic carbocycles. The summed E-state index contributed by atoms with van der Waals surface area (Å²) in [6.07, 6.45) is 0.955. The summed E-state index contributed by atoms with van der Waals surface area (Å²) in [6.45, 7) is 1.47. The number of esters is 1. The fourth-order valence-electron chi connectivity index (χ4n) is 1.57. The topological polar surface area (TPSA) is 98.5 Å². The van der Waals surface area contributed by atoms with Crippen LogP contribution in [0, 0.1) is 10.1 Å². The Labute approximate surface area is 115 Å². The van der Waals surface area contributed by atoms with Gasteiger partial charge in [0.15, 0.2) is 6.10 Å². The number of nitrogens with zero attached hydrogens (tertiary/aromatic N) is 1. The van der Waals surface area contributed by atoms with Crippen LogP contribution in [0.2, 0.25) is 0 Å². The van der Waals surface area contributed by atoms with Crippen LogP contribution in [0.15, 0.2) is 24.3 Å². The Balaban J connectivity index is 1.98. The average molecular weight is 278 g/mol. The van der Waals surface area contributed by atoms with Crippen LogP contribution in [0.25, 0.3) is 0 Å². The van der Waals surface area contributed by atoms with Crippen molar-refractivity contribution in [1.82, 2.24) is 5.32 Å². The second-order valence-corrected chi connectivity index (χ2v) is 4.64. The van der Waals surface area contributed by atoms with Crippen LogP contribution in [0.5, 0.6) is 0 Å². The fraction of sp³-hybridized carbons (Fsp3) is 0.385. The number of rotatable bonds is 5. The molecule has 1 fully saturated rings. The summed E-state index contributed by atoms with van der Waals surface area (Å²) in [7, 11) is 0. The smallest absolute Gasteiger partial charge is 0.339 e. The van der Waals surface area contributed by atoms with E-state index in [-0.39, 0.29) is 23.2 Å². The Bertz CT molecular complexity index is 553. The molecule has 0 unspecified atom stereocenters. The van der Waals surface area contributed by atoms with Crippen molar-refractivity contribution < 1.29 is 19.2 Å². The first-order chi connectivity index (χ1) is 9.47. The van der Waals surface area contributed by atoms with Gasteiger partial charge < -0.3 is 10.1 Å². The van der Waals surface area contributed by atoms with Gasteiger partial charge in [-0.15, -0.1) is 0 Å². The summed E-state index contributed by atoms with van der Waals surface area (Å²) in [4.78, 5) is 33.5. The quantitative estimate of drug-likeness (QED) is 0.499. The number of ether oxygens (including phenoxy) is 1. The molecule has 0 saturated heterocycles. The summed E-state index contributed by atoms with van der Waals surface area (Å²) < 4.78 is 4.99. The summed E-state index contributed by atoms with van der Waals surface area (Å²) in [6, 6.07) is 5.37. The third-order valence-corrected chi connectivity index (χ3v) is 2.87. The number of amides is 1. The Morgan fingerprint density at radius 2 is 2.15 bits per heavy atom. The highest BCUT2D eigenvalue weighted by Gasteiger charge is 2.27. The van der Waals surface area contributed by atoms with Gasteiger partial charge in [-0.25, -0.2) is 4.79 Å². The van der Waals surface area contributed by atoms with Crippen LogP contribution in [0.4, 0.5) is 5.69 Å². The molecule has 2 rings (SSSR count). The molecule has 7 heteroatoms. The molecule has 0 aliphatic heterocycles. The lowest BCUT2D eigenvalue weighted by molar-refractivity contribution is -0.384. The molecule has 1 amide bonds. The molecule has 1 N–H and O–H groups in total. The van der Waals surface area contributed by atoms with Crippen molar-refractivity contribution in [3.05, 3.63) is 39.9 Å². The molecule has 0 radical (unpaired) electrons. The molecule has 0 bridgehead atoms. The van der Waals surface area contributed by atoms with Gasteiger partial charge in [0.1, 0.15) is 0 Å². The van der Waals surface area contributed by atoms with Crippen LogP contribution in [-0.4, -0.2) is 28.9 Å². The molecule has 7 nitrogen and oxygen atoms in total. The monoisotopic (exact) mass is 278 g/mol. The molecule has 0 heterocycles. The predicted molar refractivity (Wildman–Crippen MR) is 69.1 cm³/mol. The van der Waals surface area contributed by atoms with Gasteiger partial charge >= 0.3 is 5.97 Å². The first kappa shape index (κ1) is 14.0. The molecule has 0 spiro atoms. The van der Waals surface area contributed by atoms with Crippen molar-refractivity contribution in [2.24, 2.45) is 0 Å². The van der Waals surface area contributed by atoms with E-state index in [1.165, 1.54) is 25.1 Å². The van der Waals surface area contributed by atoms with Crippen LogP contribution in [0.1, 0.15) is 30.1 Å². The van der Waals surface area contributed by atoms with Crippen molar-refractivity contribution in [3.8, 4) is 0 Å². The molecule has 106 valence electrons. The van der Waals surface area contributed by atoms with Crippen LogP contribution in [0.3, 0.4) is 0 Å². The number of carbonyl (C=O) groups is 2. The van der Waals surface area contributed by atoms with Gasteiger partial charge in [0.05, 0.1) is 10.5 Å². The van der Waals surface area contributed by atoms with E-state index in [4.69, 9.17) is 4.74 Å². The molecule has 1 aromatic rings. The highest BCUT2D eigenvalue weighted by Crippen LogP contribution is 2.19. The van der Waals surface area contributed by atoms with E-state index in [1.54, 1.807) is 0 Å². The molecule has 1 atom stereocenters. The number of nitro groups is 1. The highest BCUT2D eigenvalue weighted by molar-refractivity contribution is 5.92. The minimum absolute atomic E-state index is 0.0465. The standard InChI is InChI=1S/C13H14N2O5/c1-8(12(16)14-10-5-6-10)20-13(17)9-3-2-4-11(7-9)15(18)19/h2-4,7-8,10H,5-6H2,1H3,(H,14,16)/t8-/m1/s1. The van der Waals surface area contributed by atoms with E-state index in [9.17, 15) is 19.7 Å². The SMILES string of the molecule is C[C@@H](OC(=O)c1cccc([N+](=O)[O-])c1)C(=O)NC1CC1. The molecule has 1 aliphatic carbocycles. The van der Waals surface area contributed by atoms with Crippen molar-refractivity contribution in [1.29, 1.82) is 0 Å². The van der Waals surface area contributed by atoms with E-state index in [0.717, 1.165) is 18.9 Å². The van der Waals surface area contributed by atoms with Gasteiger partial charge in [-0.1, -0.05) is 6.07 Å². The summed E-state index contributed by atoms with van der Waals surface area (Å²) in [5.74, 6) is -1.11. The number of non-ortho nitro benzene ring substituents is 1. The van der Waals surface area contributed by atoms with Gasteiger partial charge in [-0.05, 0) is 25.8 Å². The molecular weight excluding hydrogens is 264 g/mol. The number of hydrogen-bond donors (Lipinski definition) is 1. The molecular formula is C13H14N2O5. The lowest BCUT2D eigenvalue weighted by atomic mass is 10.2. The largest absolute Gasteiger partial charge is 0.449 e. The van der Waals surface area contributed by atoms with Gasteiger partial charge in [0.25, 0.3) is 11.6 Å². The molecule has 0 aromatic heterocycles. The maximum absolute atomic E-state index is 11.8. The number of carbonyl (C=O) groups excluding carboxylic acids is 2. The lowest BCUT2D eigenvalue weighted by Crippen LogP contribution is -2.37. The van der Waals surface area contributed by atoms with Crippen molar-refractivity contribution >= 4 is 17.6 Å². The molecule has 20 heavy (non-hydrogen) atoms. The van der Waals surface area contributed by atoms with E-state index in [1.807, 2.05) is 0 Å². The van der Waals surface area contributed by atoms with Gasteiger partial charge in [0, 0.05) is 18.2 Å². The second kappa shape index (κ2) is 5.68. The van der Waals surface area contributed by atoms with Gasteiger partial charge in [-0.3, -0.25) is 14.9 Å². The number of benzene rings is 1.